The van der Waals surface area contributed by atoms with E-state index in [1.54, 1.807) is 0 Å². The predicted molar refractivity (Wildman–Crippen MR) is 44.9 cm³/mol. The van der Waals surface area contributed by atoms with Crippen LogP contribution in [0.1, 0.15) is 0 Å². The van der Waals surface area contributed by atoms with E-state index in [1.165, 1.54) is 0 Å². The number of carbonyl (C=O) groups is 1. The van der Waals surface area contributed by atoms with Crippen LogP contribution in [0.4, 0.5) is 22.0 Å². The zero-order valence-corrected chi connectivity index (χ0v) is 8.95. The Balaban J connectivity index is 4.95. The van der Waals surface area contributed by atoms with Crippen LogP contribution in [0, 0.1) is 0 Å². The van der Waals surface area contributed by atoms with Gasteiger partial charge in [0.15, 0.2) is 0 Å². The van der Waals surface area contributed by atoms with Crippen molar-refractivity contribution in [3.63, 3.8) is 0 Å². The second-order valence-electron chi connectivity index (χ2n) is 2.38. The molecule has 0 atom stereocenters. The molecular weight excluding hydrogens is 291 g/mol. The quantitative estimate of drug-likeness (QED) is 0.345. The van der Waals surface area contributed by atoms with Crippen LogP contribution in [-0.4, -0.2) is 30.3 Å². The van der Waals surface area contributed by atoms with Gasteiger partial charge in [0.1, 0.15) is 5.76 Å². The fourth-order valence-electron chi connectivity index (χ4n) is 0.529. The summed E-state index contributed by atoms with van der Waals surface area (Å²) in [5.41, 5.74) is 0. The highest BCUT2D eigenvalue weighted by molar-refractivity contribution is 9.09. The maximum Gasteiger partial charge on any atom is 0.461 e. The van der Waals surface area contributed by atoms with Gasteiger partial charge in [-0.15, -0.1) is 0 Å². The summed E-state index contributed by atoms with van der Waals surface area (Å²) in [4.78, 5) is 10.6. The number of alkyl halides is 6. The monoisotopic (exact) mass is 296 g/mol. The highest BCUT2D eigenvalue weighted by Crippen LogP contribution is 2.36. The largest absolute Gasteiger partial charge is 0.500 e. The van der Waals surface area contributed by atoms with Gasteiger partial charge in [-0.3, -0.25) is 4.79 Å². The van der Waals surface area contributed by atoms with E-state index in [1.807, 2.05) is 0 Å². The van der Waals surface area contributed by atoms with Crippen LogP contribution in [0.25, 0.3) is 0 Å². The molecule has 0 aliphatic carbocycles. The van der Waals surface area contributed by atoms with Gasteiger partial charge in [0.05, 0.1) is 12.4 Å². The van der Waals surface area contributed by atoms with E-state index in [-0.39, 0.29) is 17.2 Å². The number of ketones is 1. The zero-order valence-electron chi connectivity index (χ0n) is 7.37. The molecule has 0 saturated heterocycles. The number of allylic oxidation sites excluding steroid dienone is 2. The number of hydrogen-bond donors (Lipinski definition) is 0. The van der Waals surface area contributed by atoms with Gasteiger partial charge in [-0.2, -0.15) is 22.0 Å². The number of rotatable bonds is 4. The Labute approximate surface area is 90.2 Å². The molecule has 0 aromatic carbocycles. The molecule has 0 heterocycles. The lowest BCUT2D eigenvalue weighted by atomic mass is 10.2. The first-order valence-corrected chi connectivity index (χ1v) is 4.58. The summed E-state index contributed by atoms with van der Waals surface area (Å²) in [6.45, 7) is 0. The van der Waals surface area contributed by atoms with Gasteiger partial charge in [-0.25, -0.2) is 0 Å². The minimum atomic E-state index is -5.90. The van der Waals surface area contributed by atoms with Gasteiger partial charge in [0, 0.05) is 6.08 Å². The summed E-state index contributed by atoms with van der Waals surface area (Å²) in [5.74, 6) is -8.06. The van der Waals surface area contributed by atoms with Crippen LogP contribution >= 0.6 is 15.9 Å². The smallest absolute Gasteiger partial charge is 0.461 e. The highest BCUT2D eigenvalue weighted by atomic mass is 79.9. The third kappa shape index (κ3) is 3.44. The van der Waals surface area contributed by atoms with E-state index in [0.29, 0.717) is 0 Å². The van der Waals surface area contributed by atoms with Gasteiger partial charge in [0.2, 0.25) is 5.78 Å². The average Bonchev–Trinajstić information content (AvgIpc) is 2.11. The summed E-state index contributed by atoms with van der Waals surface area (Å²) in [6.07, 6.45) is -5.78. The van der Waals surface area contributed by atoms with Crippen molar-refractivity contribution in [2.45, 2.75) is 12.1 Å². The lowest BCUT2D eigenvalue weighted by Crippen LogP contribution is -2.43. The second kappa shape index (κ2) is 4.91. The molecule has 0 bridgehead atoms. The summed E-state index contributed by atoms with van der Waals surface area (Å²) >= 11 is 2.75. The molecule has 0 aliphatic heterocycles. The topological polar surface area (TPSA) is 26.3 Å². The van der Waals surface area contributed by atoms with Gasteiger partial charge in [-0.1, -0.05) is 15.9 Å². The maximum atomic E-state index is 12.4. The number of methoxy groups -OCH3 is 1. The Kier molecular flexibility index (Phi) is 4.69. The predicted octanol–water partition coefficient (Wildman–Crippen LogP) is 2.68. The number of ether oxygens (including phenoxy) is 1. The van der Waals surface area contributed by atoms with Crippen molar-refractivity contribution >= 4 is 21.7 Å². The summed E-state index contributed by atoms with van der Waals surface area (Å²) < 4.78 is 64.2. The fraction of sp³-hybridized carbons (Fsp3) is 0.571. The molecule has 0 rings (SSSR count). The Morgan fingerprint density at radius 2 is 1.80 bits per heavy atom. The molecule has 0 saturated carbocycles. The number of halogens is 6. The van der Waals surface area contributed by atoms with Crippen molar-refractivity contribution in [2.75, 3.05) is 12.4 Å². The molecule has 0 aromatic heterocycles. The third-order valence-electron chi connectivity index (χ3n) is 1.35. The first-order valence-electron chi connectivity index (χ1n) is 3.46. The molecule has 0 aliphatic rings. The number of carbonyl (C=O) groups excluding carboxylic acids is 1. The average molecular weight is 297 g/mol. The lowest BCUT2D eigenvalue weighted by Gasteiger charge is -2.16. The molecule has 0 spiro atoms. The Morgan fingerprint density at radius 1 is 1.33 bits per heavy atom. The van der Waals surface area contributed by atoms with E-state index in [0.717, 1.165) is 7.11 Å². The van der Waals surface area contributed by atoms with Crippen LogP contribution < -0.4 is 0 Å². The van der Waals surface area contributed by atoms with E-state index < -0.39 is 17.9 Å². The summed E-state index contributed by atoms with van der Waals surface area (Å²) in [5, 5.41) is -0.136. The maximum absolute atomic E-state index is 12.4. The van der Waals surface area contributed by atoms with E-state index in [9.17, 15) is 26.7 Å². The SMILES string of the molecule is CO/C(=C/C(=O)C(F)(F)C(F)(F)F)CBr. The van der Waals surface area contributed by atoms with Gasteiger partial charge in [-0.05, 0) is 0 Å². The van der Waals surface area contributed by atoms with Crippen LogP contribution in [0.2, 0.25) is 0 Å². The van der Waals surface area contributed by atoms with Crippen molar-refractivity contribution < 1.29 is 31.5 Å². The van der Waals surface area contributed by atoms with E-state index in [2.05, 4.69) is 20.7 Å². The molecule has 8 heteroatoms. The molecule has 0 unspecified atom stereocenters. The van der Waals surface area contributed by atoms with Crippen molar-refractivity contribution in [1.29, 1.82) is 0 Å². The standard InChI is InChI=1S/C7H6BrF5O2/c1-15-4(3-8)2-5(14)6(9,10)7(11,12)13/h2H,3H2,1H3/b4-2+. The molecule has 0 aromatic rings. The Bertz CT molecular complexity index is 265. The minimum absolute atomic E-state index is 0.113. The van der Waals surface area contributed by atoms with Crippen LogP contribution in [0.3, 0.4) is 0 Å². The van der Waals surface area contributed by atoms with Crippen LogP contribution in [0.15, 0.2) is 11.8 Å². The van der Waals surface area contributed by atoms with E-state index in [4.69, 9.17) is 0 Å². The highest BCUT2D eigenvalue weighted by Gasteiger charge is 2.62. The third-order valence-corrected chi connectivity index (χ3v) is 1.90. The Hall–Kier alpha value is -0.660. The Morgan fingerprint density at radius 3 is 2.07 bits per heavy atom. The molecule has 0 radical (unpaired) electrons. The van der Waals surface area contributed by atoms with Crippen molar-refractivity contribution in [3.05, 3.63) is 11.8 Å². The molecule has 15 heavy (non-hydrogen) atoms. The first kappa shape index (κ1) is 14.3. The second-order valence-corrected chi connectivity index (χ2v) is 2.95. The minimum Gasteiger partial charge on any atom is -0.500 e. The zero-order chi connectivity index (χ0) is 12.3. The fourth-order valence-corrected chi connectivity index (χ4v) is 0.919. The van der Waals surface area contributed by atoms with Crippen molar-refractivity contribution in [3.8, 4) is 0 Å². The molecule has 0 N–H and O–H groups in total. The molecular formula is C7H6BrF5O2. The van der Waals surface area contributed by atoms with Crippen molar-refractivity contribution in [2.24, 2.45) is 0 Å². The van der Waals surface area contributed by atoms with Crippen LogP contribution in [0.5, 0.6) is 0 Å². The van der Waals surface area contributed by atoms with Crippen molar-refractivity contribution in [1.82, 2.24) is 0 Å². The van der Waals surface area contributed by atoms with Gasteiger partial charge in [0.25, 0.3) is 0 Å². The van der Waals surface area contributed by atoms with Crippen LogP contribution in [-0.2, 0) is 9.53 Å². The molecule has 0 amide bonds. The number of hydrogen-bond acceptors (Lipinski definition) is 2. The van der Waals surface area contributed by atoms with E-state index >= 15 is 0 Å². The van der Waals surface area contributed by atoms with Gasteiger partial charge >= 0.3 is 12.1 Å². The normalized spacial score (nSPS) is 13.9. The summed E-state index contributed by atoms with van der Waals surface area (Å²) in [6, 6.07) is 0. The lowest BCUT2D eigenvalue weighted by molar-refractivity contribution is -0.266. The first-order chi connectivity index (χ1) is 6.66. The molecule has 0 fully saturated rings. The van der Waals surface area contributed by atoms with Gasteiger partial charge < -0.3 is 4.74 Å². The molecule has 2 nitrogen and oxygen atoms in total. The summed E-state index contributed by atoms with van der Waals surface area (Å²) in [7, 11) is 1.05. The molecule has 88 valence electrons.